The molecule has 102 valence electrons. The number of hydrogen-bond acceptors (Lipinski definition) is 3. The van der Waals surface area contributed by atoms with Gasteiger partial charge in [-0.1, -0.05) is 17.7 Å². The van der Waals surface area contributed by atoms with Crippen LogP contribution in [0.5, 0.6) is 0 Å². The smallest absolute Gasteiger partial charge is 0.302 e. The molecular weight excluding hydrogens is 228 g/mol. The molecule has 0 aromatic rings. The summed E-state index contributed by atoms with van der Waals surface area (Å²) in [6, 6.07) is 0. The van der Waals surface area contributed by atoms with Crippen molar-refractivity contribution in [3.05, 3.63) is 24.3 Å². The van der Waals surface area contributed by atoms with E-state index in [9.17, 15) is 9.59 Å². The van der Waals surface area contributed by atoms with Crippen molar-refractivity contribution < 1.29 is 14.3 Å². The van der Waals surface area contributed by atoms with Crippen LogP contribution in [-0.4, -0.2) is 18.4 Å². The van der Waals surface area contributed by atoms with Crippen molar-refractivity contribution in [2.45, 2.75) is 46.5 Å². The van der Waals surface area contributed by atoms with Gasteiger partial charge in [0.1, 0.15) is 5.78 Å². The van der Waals surface area contributed by atoms with Crippen LogP contribution in [0.3, 0.4) is 0 Å². The van der Waals surface area contributed by atoms with E-state index in [1.54, 1.807) is 6.92 Å². The van der Waals surface area contributed by atoms with Crippen LogP contribution in [0.1, 0.15) is 46.5 Å². The van der Waals surface area contributed by atoms with E-state index >= 15 is 0 Å². The summed E-state index contributed by atoms with van der Waals surface area (Å²) in [4.78, 5) is 22.0. The molecule has 0 N–H and O–H groups in total. The SMILES string of the molecule is C=CCCC(CC=C(C)CCOC(C)=O)C(C)=O. The number of ether oxygens (including phenoxy) is 1. The predicted molar refractivity (Wildman–Crippen MR) is 73.2 cm³/mol. The number of carbonyl (C=O) groups excluding carboxylic acids is 2. The topological polar surface area (TPSA) is 43.4 Å². The molecule has 0 heterocycles. The van der Waals surface area contributed by atoms with Gasteiger partial charge in [0.2, 0.25) is 0 Å². The molecule has 0 saturated heterocycles. The van der Waals surface area contributed by atoms with E-state index in [-0.39, 0.29) is 17.7 Å². The Morgan fingerprint density at radius 3 is 2.44 bits per heavy atom. The molecule has 0 aromatic heterocycles. The molecule has 0 radical (unpaired) electrons. The van der Waals surface area contributed by atoms with Gasteiger partial charge < -0.3 is 4.74 Å². The van der Waals surface area contributed by atoms with E-state index in [2.05, 4.69) is 12.7 Å². The summed E-state index contributed by atoms with van der Waals surface area (Å²) >= 11 is 0. The number of hydrogen-bond donors (Lipinski definition) is 0. The normalized spacial score (nSPS) is 12.9. The fourth-order valence-corrected chi connectivity index (χ4v) is 1.61. The van der Waals surface area contributed by atoms with E-state index in [1.807, 2.05) is 13.0 Å². The third kappa shape index (κ3) is 8.74. The number of rotatable bonds is 9. The lowest BCUT2D eigenvalue weighted by molar-refractivity contribution is -0.140. The lowest BCUT2D eigenvalue weighted by Gasteiger charge is -2.10. The average Bonchev–Trinajstić information content (AvgIpc) is 2.28. The van der Waals surface area contributed by atoms with Crippen LogP contribution in [0.4, 0.5) is 0 Å². The maximum absolute atomic E-state index is 11.4. The highest BCUT2D eigenvalue weighted by molar-refractivity contribution is 5.78. The minimum atomic E-state index is -0.254. The molecule has 0 fully saturated rings. The predicted octanol–water partition coefficient (Wildman–Crippen LogP) is 3.45. The maximum atomic E-state index is 11.4. The Kier molecular flexibility index (Phi) is 8.89. The quantitative estimate of drug-likeness (QED) is 0.466. The molecule has 18 heavy (non-hydrogen) atoms. The molecule has 0 rings (SSSR count). The van der Waals surface area contributed by atoms with Crippen LogP contribution in [0.25, 0.3) is 0 Å². The molecule has 0 aliphatic carbocycles. The summed E-state index contributed by atoms with van der Waals surface area (Å²) in [6.07, 6.45) is 7.11. The molecule has 1 unspecified atom stereocenters. The van der Waals surface area contributed by atoms with Gasteiger partial charge in [-0.25, -0.2) is 0 Å². The zero-order chi connectivity index (χ0) is 14.0. The first-order valence-electron chi connectivity index (χ1n) is 6.37. The molecule has 0 aliphatic rings. The highest BCUT2D eigenvalue weighted by Crippen LogP contribution is 2.15. The number of allylic oxidation sites excluding steroid dienone is 2. The Bertz CT molecular complexity index is 316. The van der Waals surface area contributed by atoms with Gasteiger partial charge in [-0.3, -0.25) is 9.59 Å². The van der Waals surface area contributed by atoms with Gasteiger partial charge in [0.05, 0.1) is 6.61 Å². The van der Waals surface area contributed by atoms with Crippen molar-refractivity contribution in [2.24, 2.45) is 5.92 Å². The molecule has 3 heteroatoms. The Hall–Kier alpha value is -1.38. The van der Waals surface area contributed by atoms with Gasteiger partial charge in [-0.15, -0.1) is 6.58 Å². The van der Waals surface area contributed by atoms with Gasteiger partial charge >= 0.3 is 5.97 Å². The molecule has 0 amide bonds. The highest BCUT2D eigenvalue weighted by Gasteiger charge is 2.11. The van der Waals surface area contributed by atoms with Crippen LogP contribution >= 0.6 is 0 Å². The van der Waals surface area contributed by atoms with Gasteiger partial charge in [0.15, 0.2) is 0 Å². The molecule has 0 aromatic carbocycles. The van der Waals surface area contributed by atoms with Crippen LogP contribution in [0, 0.1) is 5.92 Å². The summed E-state index contributed by atoms with van der Waals surface area (Å²) < 4.78 is 4.87. The Balaban J connectivity index is 4.09. The van der Waals surface area contributed by atoms with Crippen LogP contribution in [0.15, 0.2) is 24.3 Å². The van der Waals surface area contributed by atoms with Crippen LogP contribution in [-0.2, 0) is 14.3 Å². The number of ketones is 1. The number of esters is 1. The van der Waals surface area contributed by atoms with Crippen LogP contribution in [0.2, 0.25) is 0 Å². The van der Waals surface area contributed by atoms with E-state index in [0.29, 0.717) is 6.61 Å². The first kappa shape index (κ1) is 16.6. The van der Waals surface area contributed by atoms with Crippen molar-refractivity contribution >= 4 is 11.8 Å². The van der Waals surface area contributed by atoms with E-state index < -0.39 is 0 Å². The van der Waals surface area contributed by atoms with Gasteiger partial charge in [0, 0.05) is 19.3 Å². The number of carbonyl (C=O) groups is 2. The monoisotopic (exact) mass is 252 g/mol. The van der Waals surface area contributed by atoms with Crippen molar-refractivity contribution in [3.63, 3.8) is 0 Å². The van der Waals surface area contributed by atoms with E-state index in [0.717, 1.165) is 31.3 Å². The largest absolute Gasteiger partial charge is 0.466 e. The summed E-state index contributed by atoms with van der Waals surface area (Å²) in [7, 11) is 0. The molecule has 0 bridgehead atoms. The second kappa shape index (κ2) is 9.63. The lowest BCUT2D eigenvalue weighted by Crippen LogP contribution is -2.09. The van der Waals surface area contributed by atoms with E-state index in [4.69, 9.17) is 4.74 Å². The van der Waals surface area contributed by atoms with Crippen molar-refractivity contribution in [2.75, 3.05) is 6.61 Å². The van der Waals surface area contributed by atoms with Crippen molar-refractivity contribution in [1.29, 1.82) is 0 Å². The van der Waals surface area contributed by atoms with Crippen molar-refractivity contribution in [1.82, 2.24) is 0 Å². The Morgan fingerprint density at radius 2 is 1.94 bits per heavy atom. The van der Waals surface area contributed by atoms with Gasteiger partial charge in [-0.2, -0.15) is 0 Å². The second-order valence-electron chi connectivity index (χ2n) is 4.55. The molecular formula is C15H24O3. The molecule has 0 spiro atoms. The first-order valence-corrected chi connectivity index (χ1v) is 6.37. The molecule has 1 atom stereocenters. The summed E-state index contributed by atoms with van der Waals surface area (Å²) in [5.74, 6) is 0.0444. The summed E-state index contributed by atoms with van der Waals surface area (Å²) in [5.41, 5.74) is 1.15. The Labute approximate surface area is 110 Å². The standard InChI is InChI=1S/C15H24O3/c1-5-6-7-15(13(3)16)9-8-12(2)10-11-18-14(4)17/h5,8,15H,1,6-7,9-11H2,2-4H3. The maximum Gasteiger partial charge on any atom is 0.302 e. The second-order valence-corrected chi connectivity index (χ2v) is 4.55. The fraction of sp³-hybridized carbons (Fsp3) is 0.600. The molecule has 0 saturated carbocycles. The molecule has 0 aliphatic heterocycles. The zero-order valence-corrected chi connectivity index (χ0v) is 11.7. The van der Waals surface area contributed by atoms with Crippen molar-refractivity contribution in [3.8, 4) is 0 Å². The fourth-order valence-electron chi connectivity index (χ4n) is 1.61. The summed E-state index contributed by atoms with van der Waals surface area (Å²) in [5, 5.41) is 0. The van der Waals surface area contributed by atoms with Crippen LogP contribution < -0.4 is 0 Å². The third-order valence-electron chi connectivity index (χ3n) is 2.85. The number of Topliss-reactive ketones (excluding diaryl/α,β-unsaturated/α-hetero) is 1. The minimum Gasteiger partial charge on any atom is -0.466 e. The van der Waals surface area contributed by atoms with Gasteiger partial charge in [0.25, 0.3) is 0 Å². The first-order chi connectivity index (χ1) is 8.47. The Morgan fingerprint density at radius 1 is 1.28 bits per heavy atom. The summed E-state index contributed by atoms with van der Waals surface area (Å²) in [6.45, 7) is 9.11. The van der Waals surface area contributed by atoms with E-state index in [1.165, 1.54) is 6.92 Å². The van der Waals surface area contributed by atoms with Gasteiger partial charge in [-0.05, 0) is 33.1 Å². The highest BCUT2D eigenvalue weighted by atomic mass is 16.5. The zero-order valence-electron chi connectivity index (χ0n) is 11.7. The molecule has 3 nitrogen and oxygen atoms in total. The minimum absolute atomic E-state index is 0.0756. The lowest BCUT2D eigenvalue weighted by atomic mass is 9.94. The third-order valence-corrected chi connectivity index (χ3v) is 2.85. The average molecular weight is 252 g/mol.